The normalized spacial score (nSPS) is 25.6. The molecule has 0 aromatic heterocycles. The van der Waals surface area contributed by atoms with E-state index in [4.69, 9.17) is 5.73 Å². The molecule has 114 valence electrons. The monoisotopic (exact) mass is 300 g/mol. The Labute approximate surface area is 119 Å². The van der Waals surface area contributed by atoms with Gasteiger partial charge in [0, 0.05) is 0 Å². The molecule has 1 unspecified atom stereocenters. The Bertz CT molecular complexity index is 598. The number of aryl methyl sites for hydroxylation is 1. The lowest BCUT2D eigenvalue weighted by Crippen LogP contribution is -2.62. The summed E-state index contributed by atoms with van der Waals surface area (Å²) in [5.74, 6) is 0.0871. The molecule has 1 aliphatic heterocycles. The van der Waals surface area contributed by atoms with E-state index in [1.54, 1.807) is 0 Å². The predicted octanol–water partition coefficient (Wildman–Crippen LogP) is 3.20. The predicted molar refractivity (Wildman–Crippen MR) is 69.9 cm³/mol. The van der Waals surface area contributed by atoms with E-state index in [0.29, 0.717) is 18.4 Å². The number of alkyl halides is 3. The molecule has 1 atom stereocenters. The minimum Gasteiger partial charge on any atom is -0.465 e. The van der Waals surface area contributed by atoms with E-state index < -0.39 is 23.5 Å². The number of carboxylic acid groups (broad SMARTS) is 1. The first kappa shape index (κ1) is 14.2. The van der Waals surface area contributed by atoms with Gasteiger partial charge < -0.3 is 10.8 Å². The molecule has 1 amide bonds. The van der Waals surface area contributed by atoms with E-state index >= 15 is 0 Å². The standard InChI is InChI=1S/C14H15F3N2O2/c15-14(16,17)10-3-4-11-8(7-10)5-6-13(18,9-1-2-9)19(11)12(20)21/h3-4,7,9H,1-2,5-6,18H2,(H,20,21). The first-order valence-corrected chi connectivity index (χ1v) is 6.75. The molecule has 3 N–H and O–H groups in total. The van der Waals surface area contributed by atoms with Crippen LogP contribution in [0, 0.1) is 5.92 Å². The molecule has 1 saturated carbocycles. The molecule has 21 heavy (non-hydrogen) atoms. The van der Waals surface area contributed by atoms with Crippen LogP contribution >= 0.6 is 0 Å². The first-order valence-electron chi connectivity index (χ1n) is 6.75. The number of fused-ring (bicyclic) bond motifs is 1. The zero-order valence-electron chi connectivity index (χ0n) is 11.2. The fourth-order valence-electron chi connectivity index (χ4n) is 3.10. The summed E-state index contributed by atoms with van der Waals surface area (Å²) < 4.78 is 38.2. The van der Waals surface area contributed by atoms with Crippen molar-refractivity contribution in [1.29, 1.82) is 0 Å². The van der Waals surface area contributed by atoms with Gasteiger partial charge >= 0.3 is 12.3 Å². The fraction of sp³-hybridized carbons (Fsp3) is 0.500. The van der Waals surface area contributed by atoms with Crippen LogP contribution in [0.25, 0.3) is 0 Å². The molecule has 1 aromatic carbocycles. The van der Waals surface area contributed by atoms with Crippen LogP contribution < -0.4 is 10.6 Å². The maximum atomic E-state index is 12.7. The van der Waals surface area contributed by atoms with Gasteiger partial charge in [-0.1, -0.05) is 0 Å². The second-order valence-corrected chi connectivity index (χ2v) is 5.72. The Morgan fingerprint density at radius 2 is 2.05 bits per heavy atom. The third-order valence-corrected chi connectivity index (χ3v) is 4.33. The number of amides is 1. The zero-order valence-corrected chi connectivity index (χ0v) is 11.2. The van der Waals surface area contributed by atoms with E-state index in [9.17, 15) is 23.1 Å². The third kappa shape index (κ3) is 2.25. The molecule has 3 rings (SSSR count). The number of nitrogens with zero attached hydrogens (tertiary/aromatic N) is 1. The van der Waals surface area contributed by atoms with Gasteiger partial charge in [0.25, 0.3) is 0 Å². The van der Waals surface area contributed by atoms with Crippen LogP contribution in [0.15, 0.2) is 18.2 Å². The molecule has 0 spiro atoms. The lowest BCUT2D eigenvalue weighted by atomic mass is 9.87. The Hall–Kier alpha value is -1.76. The van der Waals surface area contributed by atoms with Gasteiger partial charge in [0.1, 0.15) is 5.66 Å². The summed E-state index contributed by atoms with van der Waals surface area (Å²) in [5, 5.41) is 9.45. The van der Waals surface area contributed by atoms with Gasteiger partial charge in [-0.3, -0.25) is 4.90 Å². The van der Waals surface area contributed by atoms with Gasteiger partial charge in [-0.2, -0.15) is 13.2 Å². The number of benzene rings is 1. The average Bonchev–Trinajstić information content (AvgIpc) is 3.20. The van der Waals surface area contributed by atoms with Crippen molar-refractivity contribution < 1.29 is 23.1 Å². The van der Waals surface area contributed by atoms with Crippen LogP contribution in [0.4, 0.5) is 23.7 Å². The molecular weight excluding hydrogens is 285 g/mol. The number of hydrogen-bond acceptors (Lipinski definition) is 2. The van der Waals surface area contributed by atoms with E-state index in [0.717, 1.165) is 29.9 Å². The highest BCUT2D eigenvalue weighted by atomic mass is 19.4. The minimum atomic E-state index is -4.43. The molecule has 1 heterocycles. The number of halogens is 3. The Morgan fingerprint density at radius 1 is 1.38 bits per heavy atom. The van der Waals surface area contributed by atoms with Crippen molar-refractivity contribution in [2.75, 3.05) is 4.90 Å². The highest BCUT2D eigenvalue weighted by molar-refractivity contribution is 5.89. The Morgan fingerprint density at radius 3 is 2.57 bits per heavy atom. The highest BCUT2D eigenvalue weighted by Gasteiger charge is 2.51. The Kier molecular flexibility index (Phi) is 2.95. The number of anilines is 1. The van der Waals surface area contributed by atoms with Crippen LogP contribution in [0.2, 0.25) is 0 Å². The molecule has 4 nitrogen and oxygen atoms in total. The van der Waals surface area contributed by atoms with Gasteiger partial charge in [-0.25, -0.2) is 4.79 Å². The van der Waals surface area contributed by atoms with Crippen LogP contribution in [0.5, 0.6) is 0 Å². The second kappa shape index (κ2) is 4.37. The molecule has 2 aliphatic rings. The summed E-state index contributed by atoms with van der Waals surface area (Å²) in [6, 6.07) is 3.15. The molecule has 1 fully saturated rings. The summed E-state index contributed by atoms with van der Waals surface area (Å²) in [7, 11) is 0. The van der Waals surface area contributed by atoms with Crippen LogP contribution in [0.3, 0.4) is 0 Å². The lowest BCUT2D eigenvalue weighted by molar-refractivity contribution is -0.137. The highest BCUT2D eigenvalue weighted by Crippen LogP contribution is 2.48. The van der Waals surface area contributed by atoms with Gasteiger partial charge in [0.05, 0.1) is 11.3 Å². The summed E-state index contributed by atoms with van der Waals surface area (Å²) >= 11 is 0. The lowest BCUT2D eigenvalue weighted by Gasteiger charge is -2.44. The summed E-state index contributed by atoms with van der Waals surface area (Å²) in [6.07, 6.45) is -3.23. The van der Waals surface area contributed by atoms with Crippen molar-refractivity contribution in [3.63, 3.8) is 0 Å². The van der Waals surface area contributed by atoms with E-state index in [1.165, 1.54) is 6.07 Å². The SMILES string of the molecule is NC1(C2CC2)CCc2cc(C(F)(F)F)ccc2N1C(=O)O. The van der Waals surface area contributed by atoms with Crippen LogP contribution in [0.1, 0.15) is 30.4 Å². The maximum absolute atomic E-state index is 12.7. The van der Waals surface area contributed by atoms with Crippen molar-refractivity contribution in [3.8, 4) is 0 Å². The van der Waals surface area contributed by atoms with Gasteiger partial charge in [-0.15, -0.1) is 0 Å². The number of nitrogens with two attached hydrogens (primary N) is 1. The van der Waals surface area contributed by atoms with Gasteiger partial charge in [0.2, 0.25) is 0 Å². The second-order valence-electron chi connectivity index (χ2n) is 5.72. The van der Waals surface area contributed by atoms with Crippen molar-refractivity contribution >= 4 is 11.8 Å². The average molecular weight is 300 g/mol. The molecule has 1 aliphatic carbocycles. The van der Waals surface area contributed by atoms with Crippen LogP contribution in [-0.2, 0) is 12.6 Å². The topological polar surface area (TPSA) is 66.6 Å². The van der Waals surface area contributed by atoms with Gasteiger partial charge in [0.15, 0.2) is 0 Å². The maximum Gasteiger partial charge on any atom is 0.416 e. The van der Waals surface area contributed by atoms with Gasteiger partial charge in [-0.05, 0) is 55.4 Å². The van der Waals surface area contributed by atoms with Crippen LogP contribution in [-0.4, -0.2) is 16.9 Å². The molecular formula is C14H15F3N2O2. The van der Waals surface area contributed by atoms with Crippen molar-refractivity contribution in [3.05, 3.63) is 29.3 Å². The largest absolute Gasteiger partial charge is 0.465 e. The first-order chi connectivity index (χ1) is 9.73. The fourth-order valence-corrected chi connectivity index (χ4v) is 3.10. The number of rotatable bonds is 1. The summed E-state index contributed by atoms with van der Waals surface area (Å²) in [5.41, 5.74) is 5.17. The van der Waals surface area contributed by atoms with E-state index in [1.807, 2.05) is 0 Å². The van der Waals surface area contributed by atoms with Crippen molar-refractivity contribution in [1.82, 2.24) is 0 Å². The Balaban J connectivity index is 2.06. The summed E-state index contributed by atoms with van der Waals surface area (Å²) in [4.78, 5) is 12.6. The van der Waals surface area contributed by atoms with E-state index in [2.05, 4.69) is 0 Å². The van der Waals surface area contributed by atoms with Crippen molar-refractivity contribution in [2.24, 2.45) is 11.7 Å². The number of carbonyl (C=O) groups is 1. The molecule has 7 heteroatoms. The third-order valence-electron chi connectivity index (χ3n) is 4.33. The minimum absolute atomic E-state index is 0.0871. The number of hydrogen-bond donors (Lipinski definition) is 2. The quantitative estimate of drug-likeness (QED) is 0.837. The molecule has 0 bridgehead atoms. The van der Waals surface area contributed by atoms with Crippen molar-refractivity contribution in [2.45, 2.75) is 37.5 Å². The van der Waals surface area contributed by atoms with E-state index in [-0.39, 0.29) is 11.6 Å². The molecule has 0 radical (unpaired) electrons. The smallest absolute Gasteiger partial charge is 0.416 e. The molecule has 0 saturated heterocycles. The zero-order chi connectivity index (χ0) is 15.4. The molecule has 1 aromatic rings. The summed E-state index contributed by atoms with van der Waals surface area (Å²) in [6.45, 7) is 0.